The minimum atomic E-state index is -4.47. The Balaban J connectivity index is 2.12. The van der Waals surface area contributed by atoms with Crippen LogP contribution in [0.5, 0.6) is 0 Å². The van der Waals surface area contributed by atoms with Gasteiger partial charge in [0.05, 0.1) is 11.5 Å². The number of halogens is 3. The van der Waals surface area contributed by atoms with Crippen molar-refractivity contribution in [2.24, 2.45) is 5.92 Å². The highest BCUT2D eigenvalue weighted by Gasteiger charge is 2.33. The molecule has 4 nitrogen and oxygen atoms in total. The second-order valence-electron chi connectivity index (χ2n) is 7.18. The maximum absolute atomic E-state index is 12.9. The van der Waals surface area contributed by atoms with Gasteiger partial charge in [0, 0.05) is 24.3 Å². The Kier molecular flexibility index (Phi) is 5.44. The van der Waals surface area contributed by atoms with Gasteiger partial charge in [-0.3, -0.25) is 9.59 Å². The highest BCUT2D eigenvalue weighted by atomic mass is 19.4. The first-order valence-corrected chi connectivity index (χ1v) is 8.15. The van der Waals surface area contributed by atoms with E-state index in [1.807, 2.05) is 0 Å². The van der Waals surface area contributed by atoms with E-state index in [-0.39, 0.29) is 23.1 Å². The Morgan fingerprint density at radius 3 is 2.28 bits per heavy atom. The van der Waals surface area contributed by atoms with Crippen molar-refractivity contribution in [3.63, 3.8) is 0 Å². The van der Waals surface area contributed by atoms with Gasteiger partial charge in [-0.2, -0.15) is 13.2 Å². The normalized spacial score (nSPS) is 16.6. The quantitative estimate of drug-likeness (QED) is 0.604. The summed E-state index contributed by atoms with van der Waals surface area (Å²) < 4.78 is 44.1. The number of alkyl halides is 3. The molecule has 0 amide bonds. The van der Waals surface area contributed by atoms with Gasteiger partial charge in [-0.25, -0.2) is 0 Å². The number of piperidine rings is 1. The van der Waals surface area contributed by atoms with E-state index in [0.29, 0.717) is 32.2 Å². The van der Waals surface area contributed by atoms with Crippen LogP contribution in [0, 0.1) is 5.92 Å². The third-order valence-corrected chi connectivity index (χ3v) is 4.06. The Labute approximate surface area is 144 Å². The molecule has 0 unspecified atom stereocenters. The van der Waals surface area contributed by atoms with Crippen molar-refractivity contribution in [3.8, 4) is 0 Å². The van der Waals surface area contributed by atoms with Gasteiger partial charge in [-0.05, 0) is 51.8 Å². The molecule has 0 bridgehead atoms. The molecule has 1 fully saturated rings. The first-order chi connectivity index (χ1) is 11.5. The number of rotatable bonds is 3. The molecule has 25 heavy (non-hydrogen) atoms. The van der Waals surface area contributed by atoms with Gasteiger partial charge in [0.15, 0.2) is 6.29 Å². The number of anilines is 1. The standard InChI is InChI=1S/C18H22F3NO3/c1-17(2,3)25-16(24)12-6-8-22(9-7-12)15-10-14(18(19,20)21)5-4-13(15)11-23/h4-5,10-12H,6-9H2,1-3H3. The predicted molar refractivity (Wildman–Crippen MR) is 87.6 cm³/mol. The van der Waals surface area contributed by atoms with Crippen molar-refractivity contribution in [3.05, 3.63) is 29.3 Å². The summed E-state index contributed by atoms with van der Waals surface area (Å²) in [5.74, 6) is -0.562. The fraction of sp³-hybridized carbons (Fsp3) is 0.556. The molecule has 138 valence electrons. The maximum Gasteiger partial charge on any atom is 0.416 e. The zero-order valence-corrected chi connectivity index (χ0v) is 14.5. The molecule has 0 saturated carbocycles. The van der Waals surface area contributed by atoms with E-state index in [9.17, 15) is 22.8 Å². The number of carbonyl (C=O) groups excluding carboxylic acids is 2. The summed E-state index contributed by atoms with van der Waals surface area (Å²) in [4.78, 5) is 25.0. The lowest BCUT2D eigenvalue weighted by Crippen LogP contribution is -2.39. The molecule has 0 N–H and O–H groups in total. The minimum absolute atomic E-state index is 0.212. The van der Waals surface area contributed by atoms with Crippen LogP contribution in [0.4, 0.5) is 18.9 Å². The van der Waals surface area contributed by atoms with Gasteiger partial charge in [0.2, 0.25) is 0 Å². The van der Waals surface area contributed by atoms with E-state index >= 15 is 0 Å². The van der Waals surface area contributed by atoms with Crippen LogP contribution in [-0.4, -0.2) is 30.9 Å². The number of ether oxygens (including phenoxy) is 1. The molecule has 1 aromatic carbocycles. The Morgan fingerprint density at radius 2 is 1.80 bits per heavy atom. The van der Waals surface area contributed by atoms with Crippen molar-refractivity contribution in [1.29, 1.82) is 0 Å². The van der Waals surface area contributed by atoms with Crippen LogP contribution in [0.1, 0.15) is 49.5 Å². The van der Waals surface area contributed by atoms with Crippen LogP contribution < -0.4 is 4.90 Å². The molecule has 0 aromatic heterocycles. The fourth-order valence-electron chi connectivity index (χ4n) is 2.83. The number of hydrogen-bond donors (Lipinski definition) is 0. The third kappa shape index (κ3) is 4.96. The molecule has 1 aliphatic rings. The molecule has 0 radical (unpaired) electrons. The predicted octanol–water partition coefficient (Wildman–Crippen LogP) is 4.08. The first-order valence-electron chi connectivity index (χ1n) is 8.15. The van der Waals surface area contributed by atoms with Crippen LogP contribution in [-0.2, 0) is 15.7 Å². The van der Waals surface area contributed by atoms with Crippen molar-refractivity contribution in [1.82, 2.24) is 0 Å². The van der Waals surface area contributed by atoms with Crippen LogP contribution in [0.3, 0.4) is 0 Å². The summed E-state index contributed by atoms with van der Waals surface area (Å²) in [7, 11) is 0. The largest absolute Gasteiger partial charge is 0.460 e. The van der Waals surface area contributed by atoms with E-state index in [2.05, 4.69) is 0 Å². The smallest absolute Gasteiger partial charge is 0.416 e. The van der Waals surface area contributed by atoms with Crippen molar-refractivity contribution >= 4 is 17.9 Å². The summed E-state index contributed by atoms with van der Waals surface area (Å²) in [6.07, 6.45) is -2.96. The van der Waals surface area contributed by atoms with E-state index in [1.54, 1.807) is 25.7 Å². The topological polar surface area (TPSA) is 46.6 Å². The van der Waals surface area contributed by atoms with Gasteiger partial charge < -0.3 is 9.64 Å². The van der Waals surface area contributed by atoms with Crippen molar-refractivity contribution in [2.45, 2.75) is 45.4 Å². The van der Waals surface area contributed by atoms with Crippen molar-refractivity contribution in [2.75, 3.05) is 18.0 Å². The lowest BCUT2D eigenvalue weighted by atomic mass is 9.95. The van der Waals surface area contributed by atoms with Gasteiger partial charge in [-0.15, -0.1) is 0 Å². The molecule has 0 atom stereocenters. The average molecular weight is 357 g/mol. The van der Waals surface area contributed by atoms with Crippen LogP contribution in [0.15, 0.2) is 18.2 Å². The molecule has 1 heterocycles. The summed E-state index contributed by atoms with van der Waals surface area (Å²) in [6.45, 7) is 6.16. The summed E-state index contributed by atoms with van der Waals surface area (Å²) in [5.41, 5.74) is -0.890. The number of benzene rings is 1. The van der Waals surface area contributed by atoms with Crippen LogP contribution >= 0.6 is 0 Å². The lowest BCUT2D eigenvalue weighted by molar-refractivity contribution is -0.160. The third-order valence-electron chi connectivity index (χ3n) is 4.06. The molecular weight excluding hydrogens is 335 g/mol. The number of nitrogens with zero attached hydrogens (tertiary/aromatic N) is 1. The number of aldehydes is 1. The number of esters is 1. The highest BCUT2D eigenvalue weighted by Crippen LogP contribution is 2.34. The molecular formula is C18H22F3NO3. The fourth-order valence-corrected chi connectivity index (χ4v) is 2.83. The monoisotopic (exact) mass is 357 g/mol. The van der Waals surface area contributed by atoms with Crippen LogP contribution in [0.2, 0.25) is 0 Å². The Hall–Kier alpha value is -2.05. The Morgan fingerprint density at radius 1 is 1.20 bits per heavy atom. The van der Waals surface area contributed by atoms with E-state index < -0.39 is 17.3 Å². The number of carbonyl (C=O) groups is 2. The van der Waals surface area contributed by atoms with Gasteiger partial charge >= 0.3 is 12.1 Å². The highest BCUT2D eigenvalue weighted by molar-refractivity contribution is 5.85. The molecule has 2 rings (SSSR count). The molecule has 0 spiro atoms. The van der Waals surface area contributed by atoms with Gasteiger partial charge in [0.1, 0.15) is 5.60 Å². The van der Waals surface area contributed by atoms with E-state index in [0.717, 1.165) is 12.1 Å². The van der Waals surface area contributed by atoms with Crippen LogP contribution in [0.25, 0.3) is 0 Å². The zero-order chi connectivity index (χ0) is 18.8. The molecule has 1 saturated heterocycles. The summed E-state index contributed by atoms with van der Waals surface area (Å²) in [5, 5.41) is 0. The molecule has 0 aliphatic carbocycles. The van der Waals surface area contributed by atoms with Gasteiger partial charge in [0.25, 0.3) is 0 Å². The molecule has 1 aromatic rings. The number of hydrogen-bond acceptors (Lipinski definition) is 4. The molecule has 7 heteroatoms. The van der Waals surface area contributed by atoms with E-state index in [1.165, 1.54) is 6.07 Å². The van der Waals surface area contributed by atoms with E-state index in [4.69, 9.17) is 4.74 Å². The van der Waals surface area contributed by atoms with Crippen molar-refractivity contribution < 1.29 is 27.5 Å². The Bertz CT molecular complexity index is 642. The zero-order valence-electron chi connectivity index (χ0n) is 14.5. The SMILES string of the molecule is CC(C)(C)OC(=O)C1CCN(c2cc(C(F)(F)F)ccc2C=O)CC1. The van der Waals surface area contributed by atoms with Gasteiger partial charge in [-0.1, -0.05) is 0 Å². The maximum atomic E-state index is 12.9. The second kappa shape index (κ2) is 7.06. The minimum Gasteiger partial charge on any atom is -0.460 e. The summed E-state index contributed by atoms with van der Waals surface area (Å²) >= 11 is 0. The lowest BCUT2D eigenvalue weighted by Gasteiger charge is -2.34. The first kappa shape index (κ1) is 19.3. The second-order valence-corrected chi connectivity index (χ2v) is 7.18. The average Bonchev–Trinajstić information content (AvgIpc) is 2.52. The molecule has 1 aliphatic heterocycles. The summed E-state index contributed by atoms with van der Waals surface area (Å²) in [6, 6.07) is 3.09.